The Morgan fingerprint density at radius 3 is 2.27 bits per heavy atom. The van der Waals surface area contributed by atoms with Crippen molar-refractivity contribution in [3.05, 3.63) is 12.2 Å². The van der Waals surface area contributed by atoms with Crippen LogP contribution in [0.3, 0.4) is 0 Å². The second kappa shape index (κ2) is 1.20. The fourth-order valence-corrected chi connectivity index (χ4v) is 3.33. The molecule has 0 spiro atoms. The molecule has 2 saturated carbocycles. The van der Waals surface area contributed by atoms with Crippen molar-refractivity contribution >= 4 is 0 Å². The first-order valence-corrected chi connectivity index (χ1v) is 4.43. The standard InChI is InChI=1S/C10H14O/c1-7-8(2,3)10-5-4-9(7,6-10)11-10/h1,4-6H2,2-3H3. The first-order chi connectivity index (χ1) is 5.03. The van der Waals surface area contributed by atoms with Crippen molar-refractivity contribution in [2.24, 2.45) is 5.41 Å². The van der Waals surface area contributed by atoms with Crippen LogP contribution >= 0.6 is 0 Å². The summed E-state index contributed by atoms with van der Waals surface area (Å²) in [5.74, 6) is 0. The van der Waals surface area contributed by atoms with Crippen LogP contribution in [0, 0.1) is 5.41 Å². The normalized spacial score (nSPS) is 56.4. The van der Waals surface area contributed by atoms with Gasteiger partial charge in [0.25, 0.3) is 0 Å². The predicted octanol–water partition coefficient (Wildman–Crippen LogP) is 2.27. The van der Waals surface area contributed by atoms with E-state index in [4.69, 9.17) is 4.74 Å². The van der Waals surface area contributed by atoms with Gasteiger partial charge in [-0.3, -0.25) is 0 Å². The van der Waals surface area contributed by atoms with Crippen molar-refractivity contribution in [3.63, 3.8) is 0 Å². The lowest BCUT2D eigenvalue weighted by molar-refractivity contribution is -0.180. The smallest absolute Gasteiger partial charge is 0.0932 e. The molecule has 5 rings (SSSR count). The van der Waals surface area contributed by atoms with Crippen LogP contribution in [0.4, 0.5) is 0 Å². The van der Waals surface area contributed by atoms with Gasteiger partial charge in [0, 0.05) is 11.8 Å². The van der Waals surface area contributed by atoms with E-state index in [1.165, 1.54) is 24.8 Å². The highest BCUT2D eigenvalue weighted by molar-refractivity contribution is 5.44. The molecule has 5 aliphatic rings. The summed E-state index contributed by atoms with van der Waals surface area (Å²) in [6, 6.07) is 0. The van der Waals surface area contributed by atoms with Crippen LogP contribution in [-0.4, -0.2) is 11.2 Å². The maximum atomic E-state index is 5.96. The molecule has 3 heterocycles. The summed E-state index contributed by atoms with van der Waals surface area (Å²) in [6.45, 7) is 8.73. The number of hydrogen-bond donors (Lipinski definition) is 0. The zero-order valence-electron chi connectivity index (χ0n) is 7.24. The van der Waals surface area contributed by atoms with E-state index in [0.717, 1.165) is 0 Å². The Morgan fingerprint density at radius 1 is 1.36 bits per heavy atom. The SMILES string of the molecule is C=C1C23CCC(C2)(O3)C1(C)C. The Morgan fingerprint density at radius 2 is 2.00 bits per heavy atom. The van der Waals surface area contributed by atoms with Crippen LogP contribution in [0.5, 0.6) is 0 Å². The minimum absolute atomic E-state index is 0.142. The van der Waals surface area contributed by atoms with E-state index in [9.17, 15) is 0 Å². The zero-order valence-corrected chi connectivity index (χ0v) is 7.24. The molecule has 3 saturated heterocycles. The van der Waals surface area contributed by atoms with E-state index in [2.05, 4.69) is 20.4 Å². The van der Waals surface area contributed by atoms with Gasteiger partial charge in [0.15, 0.2) is 0 Å². The second-order valence-corrected chi connectivity index (χ2v) is 4.87. The number of hydrogen-bond acceptors (Lipinski definition) is 1. The van der Waals surface area contributed by atoms with E-state index in [-0.39, 0.29) is 16.6 Å². The van der Waals surface area contributed by atoms with Crippen LogP contribution < -0.4 is 0 Å². The molecular formula is C10H14O. The summed E-state index contributed by atoms with van der Waals surface area (Å²) in [5.41, 5.74) is 1.97. The third-order valence-corrected chi connectivity index (χ3v) is 4.34. The summed E-state index contributed by atoms with van der Waals surface area (Å²) >= 11 is 0. The first kappa shape index (κ1) is 6.24. The maximum Gasteiger partial charge on any atom is 0.0932 e. The van der Waals surface area contributed by atoms with Gasteiger partial charge in [-0.05, 0) is 18.4 Å². The fourth-order valence-electron chi connectivity index (χ4n) is 3.33. The quantitative estimate of drug-likeness (QED) is 0.481. The first-order valence-electron chi connectivity index (χ1n) is 4.43. The summed E-state index contributed by atoms with van der Waals surface area (Å²) in [6.07, 6.45) is 3.75. The minimum Gasteiger partial charge on any atom is -0.363 e. The third-order valence-electron chi connectivity index (χ3n) is 4.34. The van der Waals surface area contributed by atoms with E-state index in [1.54, 1.807) is 0 Å². The lowest BCUT2D eigenvalue weighted by atomic mass is 9.73. The van der Waals surface area contributed by atoms with Crippen molar-refractivity contribution < 1.29 is 4.74 Å². The van der Waals surface area contributed by atoms with Crippen LogP contribution in [0.25, 0.3) is 0 Å². The van der Waals surface area contributed by atoms with Gasteiger partial charge in [-0.2, -0.15) is 0 Å². The van der Waals surface area contributed by atoms with Gasteiger partial charge in [-0.15, -0.1) is 0 Å². The molecule has 0 N–H and O–H groups in total. The molecule has 0 aromatic heterocycles. The Bertz CT molecular complexity index is 256. The Hall–Kier alpha value is -0.300. The zero-order chi connectivity index (χ0) is 7.91. The maximum absolute atomic E-state index is 5.96. The molecule has 0 aromatic carbocycles. The van der Waals surface area contributed by atoms with Crippen molar-refractivity contribution in [2.45, 2.75) is 44.3 Å². The highest BCUT2D eigenvalue weighted by atomic mass is 16.6. The molecule has 1 heteroatoms. The molecular weight excluding hydrogens is 136 g/mol. The van der Waals surface area contributed by atoms with Crippen LogP contribution in [0.15, 0.2) is 12.2 Å². The van der Waals surface area contributed by atoms with Gasteiger partial charge in [0.1, 0.15) is 0 Å². The molecule has 2 aliphatic carbocycles. The molecule has 0 radical (unpaired) electrons. The third kappa shape index (κ3) is 0.365. The molecule has 11 heavy (non-hydrogen) atoms. The summed E-state index contributed by atoms with van der Waals surface area (Å²) in [7, 11) is 0. The average molecular weight is 150 g/mol. The van der Waals surface area contributed by atoms with E-state index in [0.29, 0.717) is 0 Å². The van der Waals surface area contributed by atoms with Crippen molar-refractivity contribution in [2.75, 3.05) is 0 Å². The molecule has 2 unspecified atom stereocenters. The lowest BCUT2D eigenvalue weighted by Crippen LogP contribution is -2.45. The Balaban J connectivity index is 2.22. The van der Waals surface area contributed by atoms with Crippen LogP contribution in [-0.2, 0) is 4.74 Å². The highest BCUT2D eigenvalue weighted by Gasteiger charge is 2.78. The van der Waals surface area contributed by atoms with Crippen molar-refractivity contribution in [1.29, 1.82) is 0 Å². The van der Waals surface area contributed by atoms with Gasteiger partial charge in [0.2, 0.25) is 0 Å². The van der Waals surface area contributed by atoms with Gasteiger partial charge in [-0.1, -0.05) is 20.4 Å². The summed E-state index contributed by atoms with van der Waals surface area (Å²) in [4.78, 5) is 0. The fraction of sp³-hybridized carbons (Fsp3) is 0.800. The molecule has 2 atom stereocenters. The largest absolute Gasteiger partial charge is 0.363 e. The van der Waals surface area contributed by atoms with Gasteiger partial charge >= 0.3 is 0 Å². The van der Waals surface area contributed by atoms with Crippen LogP contribution in [0.2, 0.25) is 0 Å². The number of rotatable bonds is 0. The molecule has 1 nitrogen and oxygen atoms in total. The molecule has 0 amide bonds. The number of ether oxygens (including phenoxy) is 1. The predicted molar refractivity (Wildman–Crippen MR) is 43.3 cm³/mol. The lowest BCUT2D eigenvalue weighted by Gasteiger charge is -2.40. The monoisotopic (exact) mass is 150 g/mol. The molecule has 2 bridgehead atoms. The molecule has 5 fully saturated rings. The van der Waals surface area contributed by atoms with Gasteiger partial charge in [-0.25, -0.2) is 0 Å². The van der Waals surface area contributed by atoms with Gasteiger partial charge in [0.05, 0.1) is 11.2 Å². The number of fused-ring (bicyclic) bond motifs is 2. The molecule has 60 valence electrons. The van der Waals surface area contributed by atoms with Crippen molar-refractivity contribution in [3.8, 4) is 0 Å². The summed E-state index contributed by atoms with van der Waals surface area (Å²) in [5, 5.41) is 0. The van der Waals surface area contributed by atoms with E-state index >= 15 is 0 Å². The molecule has 0 aromatic rings. The Kier molecular flexibility index (Phi) is 0.683. The highest BCUT2D eigenvalue weighted by Crippen LogP contribution is 2.75. The molecule has 3 aliphatic heterocycles. The average Bonchev–Trinajstić information content (AvgIpc) is 2.43. The summed E-state index contributed by atoms with van der Waals surface area (Å²) < 4.78 is 5.96. The van der Waals surface area contributed by atoms with E-state index < -0.39 is 0 Å². The van der Waals surface area contributed by atoms with Gasteiger partial charge < -0.3 is 4.74 Å². The Labute approximate surface area is 67.4 Å². The topological polar surface area (TPSA) is 9.23 Å². The van der Waals surface area contributed by atoms with E-state index in [1.807, 2.05) is 0 Å². The second-order valence-electron chi connectivity index (χ2n) is 4.87. The van der Waals surface area contributed by atoms with Crippen molar-refractivity contribution in [1.82, 2.24) is 0 Å². The van der Waals surface area contributed by atoms with Crippen LogP contribution in [0.1, 0.15) is 33.1 Å². The minimum atomic E-state index is 0.142.